The van der Waals surface area contributed by atoms with Crippen LogP contribution < -0.4 is 10.6 Å². The summed E-state index contributed by atoms with van der Waals surface area (Å²) in [5.74, 6) is 0.752. The van der Waals surface area contributed by atoms with Crippen molar-refractivity contribution in [2.45, 2.75) is 33.2 Å². The van der Waals surface area contributed by atoms with E-state index in [0.717, 1.165) is 17.9 Å². The molecule has 21 heavy (non-hydrogen) atoms. The molecule has 0 fully saturated rings. The monoisotopic (exact) mass is 308 g/mol. The van der Waals surface area contributed by atoms with Crippen molar-refractivity contribution < 1.29 is 4.39 Å². The lowest BCUT2D eigenvalue weighted by atomic mass is 10.2. The molecule has 2 aromatic rings. The Morgan fingerprint density at radius 1 is 1.29 bits per heavy atom. The second-order valence-corrected chi connectivity index (χ2v) is 5.33. The fourth-order valence-electron chi connectivity index (χ4n) is 1.76. The van der Waals surface area contributed by atoms with Crippen LogP contribution in [0.1, 0.15) is 26.0 Å². The summed E-state index contributed by atoms with van der Waals surface area (Å²) >= 11 is 5.76. The summed E-state index contributed by atoms with van der Waals surface area (Å²) in [6, 6.07) is 6.61. The van der Waals surface area contributed by atoms with Crippen LogP contribution in [0, 0.1) is 12.7 Å². The van der Waals surface area contributed by atoms with E-state index in [1.807, 2.05) is 13.0 Å². The number of hydrogen-bond acceptors (Lipinski definition) is 4. The van der Waals surface area contributed by atoms with E-state index in [-0.39, 0.29) is 5.02 Å². The Bertz CT molecular complexity index is 633. The van der Waals surface area contributed by atoms with E-state index < -0.39 is 5.82 Å². The molecule has 0 aliphatic heterocycles. The number of anilines is 3. The van der Waals surface area contributed by atoms with Crippen molar-refractivity contribution in [1.29, 1.82) is 0 Å². The lowest BCUT2D eigenvalue weighted by Gasteiger charge is -2.14. The van der Waals surface area contributed by atoms with Gasteiger partial charge in [0.1, 0.15) is 11.6 Å². The predicted molar refractivity (Wildman–Crippen MR) is 84.8 cm³/mol. The topological polar surface area (TPSA) is 49.8 Å². The van der Waals surface area contributed by atoms with Crippen LogP contribution in [-0.4, -0.2) is 16.0 Å². The van der Waals surface area contributed by atoms with Gasteiger partial charge in [-0.05, 0) is 38.5 Å². The SMILES string of the molecule is CCC(C)Nc1cc(C)nc(Nc2ccc(F)c(Cl)c2)n1. The van der Waals surface area contributed by atoms with E-state index in [0.29, 0.717) is 17.7 Å². The molecule has 0 amide bonds. The molecule has 2 rings (SSSR count). The molecular formula is C15H18ClFN4. The van der Waals surface area contributed by atoms with Crippen molar-refractivity contribution in [2.75, 3.05) is 10.6 Å². The highest BCUT2D eigenvalue weighted by Gasteiger charge is 2.06. The van der Waals surface area contributed by atoms with Gasteiger partial charge in [0.05, 0.1) is 5.02 Å². The van der Waals surface area contributed by atoms with Gasteiger partial charge in [-0.2, -0.15) is 4.98 Å². The van der Waals surface area contributed by atoms with Gasteiger partial charge in [0.2, 0.25) is 5.95 Å². The molecular weight excluding hydrogens is 291 g/mol. The first kappa shape index (κ1) is 15.5. The fourth-order valence-corrected chi connectivity index (χ4v) is 1.94. The van der Waals surface area contributed by atoms with Gasteiger partial charge in [-0.1, -0.05) is 18.5 Å². The molecule has 0 bridgehead atoms. The molecule has 0 aliphatic carbocycles. The van der Waals surface area contributed by atoms with E-state index >= 15 is 0 Å². The average Bonchev–Trinajstić information content (AvgIpc) is 2.42. The molecule has 1 heterocycles. The van der Waals surface area contributed by atoms with Gasteiger partial charge in [0.15, 0.2) is 0 Å². The Kier molecular flexibility index (Phi) is 4.96. The number of rotatable bonds is 5. The Morgan fingerprint density at radius 2 is 2.05 bits per heavy atom. The Balaban J connectivity index is 2.21. The molecule has 1 unspecified atom stereocenters. The quantitative estimate of drug-likeness (QED) is 0.852. The van der Waals surface area contributed by atoms with Crippen molar-refractivity contribution >= 4 is 29.1 Å². The first-order valence-corrected chi connectivity index (χ1v) is 7.20. The third-order valence-electron chi connectivity index (χ3n) is 3.04. The molecule has 0 saturated carbocycles. The molecule has 0 aliphatic rings. The summed E-state index contributed by atoms with van der Waals surface area (Å²) in [6.07, 6.45) is 0.999. The summed E-state index contributed by atoms with van der Waals surface area (Å²) in [4.78, 5) is 8.71. The number of nitrogens with zero attached hydrogens (tertiary/aromatic N) is 2. The lowest BCUT2D eigenvalue weighted by molar-refractivity contribution is 0.628. The summed E-state index contributed by atoms with van der Waals surface area (Å²) in [7, 11) is 0. The van der Waals surface area contributed by atoms with Gasteiger partial charge in [0.25, 0.3) is 0 Å². The smallest absolute Gasteiger partial charge is 0.229 e. The second-order valence-electron chi connectivity index (χ2n) is 4.93. The Labute approximate surface area is 128 Å². The van der Waals surface area contributed by atoms with E-state index in [4.69, 9.17) is 11.6 Å². The Morgan fingerprint density at radius 3 is 2.71 bits per heavy atom. The summed E-state index contributed by atoms with van der Waals surface area (Å²) in [5, 5.41) is 6.39. The van der Waals surface area contributed by atoms with E-state index in [2.05, 4.69) is 34.4 Å². The average molecular weight is 309 g/mol. The molecule has 0 saturated heterocycles. The largest absolute Gasteiger partial charge is 0.367 e. The summed E-state index contributed by atoms with van der Waals surface area (Å²) < 4.78 is 13.1. The molecule has 112 valence electrons. The van der Waals surface area contributed by atoms with Gasteiger partial charge in [0, 0.05) is 23.5 Å². The standard InChI is InChI=1S/C15H18ClFN4/c1-4-9(2)18-14-7-10(3)19-15(21-14)20-11-5-6-13(17)12(16)8-11/h5-9H,4H2,1-3H3,(H2,18,19,20,21). The maximum absolute atomic E-state index is 13.1. The number of benzene rings is 1. The van der Waals surface area contributed by atoms with E-state index in [9.17, 15) is 4.39 Å². The third kappa shape index (κ3) is 4.29. The number of aryl methyl sites for hydroxylation is 1. The van der Waals surface area contributed by atoms with Crippen LogP contribution in [0.25, 0.3) is 0 Å². The van der Waals surface area contributed by atoms with Crippen LogP contribution >= 0.6 is 11.6 Å². The minimum atomic E-state index is -0.452. The molecule has 6 heteroatoms. The molecule has 2 N–H and O–H groups in total. The number of aromatic nitrogens is 2. The van der Waals surface area contributed by atoms with Gasteiger partial charge in [-0.25, -0.2) is 9.37 Å². The van der Waals surface area contributed by atoms with Crippen LogP contribution in [0.3, 0.4) is 0 Å². The molecule has 0 spiro atoms. The summed E-state index contributed by atoms with van der Waals surface area (Å²) in [6.45, 7) is 6.09. The highest BCUT2D eigenvalue weighted by atomic mass is 35.5. The van der Waals surface area contributed by atoms with E-state index in [1.54, 1.807) is 6.07 Å². The lowest BCUT2D eigenvalue weighted by Crippen LogP contribution is -2.15. The van der Waals surface area contributed by atoms with Crippen molar-refractivity contribution in [3.63, 3.8) is 0 Å². The Hall–Kier alpha value is -1.88. The maximum Gasteiger partial charge on any atom is 0.229 e. The molecule has 0 radical (unpaired) electrons. The first-order chi connectivity index (χ1) is 9.97. The second kappa shape index (κ2) is 6.72. The zero-order valence-corrected chi connectivity index (χ0v) is 13.0. The summed E-state index contributed by atoms with van der Waals surface area (Å²) in [5.41, 5.74) is 1.48. The normalized spacial score (nSPS) is 12.0. The zero-order chi connectivity index (χ0) is 15.4. The number of halogens is 2. The van der Waals surface area contributed by atoms with Crippen molar-refractivity contribution in [3.05, 3.63) is 40.8 Å². The van der Waals surface area contributed by atoms with Crippen LogP contribution in [0.15, 0.2) is 24.3 Å². The van der Waals surface area contributed by atoms with Crippen LogP contribution in [-0.2, 0) is 0 Å². The van der Waals surface area contributed by atoms with Crippen molar-refractivity contribution in [2.24, 2.45) is 0 Å². The van der Waals surface area contributed by atoms with Crippen molar-refractivity contribution in [1.82, 2.24) is 9.97 Å². The molecule has 1 atom stereocenters. The first-order valence-electron chi connectivity index (χ1n) is 6.82. The van der Waals surface area contributed by atoms with E-state index in [1.165, 1.54) is 12.1 Å². The van der Waals surface area contributed by atoms with Crippen LogP contribution in [0.4, 0.5) is 21.8 Å². The molecule has 1 aromatic carbocycles. The number of nitrogens with one attached hydrogen (secondary N) is 2. The van der Waals surface area contributed by atoms with Crippen LogP contribution in [0.2, 0.25) is 5.02 Å². The number of hydrogen-bond donors (Lipinski definition) is 2. The van der Waals surface area contributed by atoms with Crippen molar-refractivity contribution in [3.8, 4) is 0 Å². The fraction of sp³-hybridized carbons (Fsp3) is 0.333. The minimum absolute atomic E-state index is 0.0607. The highest BCUT2D eigenvalue weighted by Crippen LogP contribution is 2.22. The predicted octanol–water partition coefficient (Wildman–Crippen LogP) is 4.53. The third-order valence-corrected chi connectivity index (χ3v) is 3.33. The zero-order valence-electron chi connectivity index (χ0n) is 12.2. The molecule has 1 aromatic heterocycles. The van der Waals surface area contributed by atoms with Gasteiger partial charge in [-0.3, -0.25) is 0 Å². The van der Waals surface area contributed by atoms with Gasteiger partial charge in [-0.15, -0.1) is 0 Å². The molecule has 4 nitrogen and oxygen atoms in total. The van der Waals surface area contributed by atoms with Crippen LogP contribution in [0.5, 0.6) is 0 Å². The maximum atomic E-state index is 13.1. The highest BCUT2D eigenvalue weighted by molar-refractivity contribution is 6.31. The van der Waals surface area contributed by atoms with Gasteiger partial charge >= 0.3 is 0 Å². The minimum Gasteiger partial charge on any atom is -0.367 e. The van der Waals surface area contributed by atoms with Gasteiger partial charge < -0.3 is 10.6 Å².